The van der Waals surface area contributed by atoms with Gasteiger partial charge in [-0.15, -0.1) is 0 Å². The molecule has 0 radical (unpaired) electrons. The van der Waals surface area contributed by atoms with Gasteiger partial charge in [0.1, 0.15) is 5.75 Å². The lowest BCUT2D eigenvalue weighted by Crippen LogP contribution is -2.42. The highest BCUT2D eigenvalue weighted by molar-refractivity contribution is 5.26. The summed E-state index contributed by atoms with van der Waals surface area (Å²) in [6, 6.07) is 7.15. The molecule has 17 heavy (non-hydrogen) atoms. The van der Waals surface area contributed by atoms with Gasteiger partial charge in [0.25, 0.3) is 0 Å². The van der Waals surface area contributed by atoms with Gasteiger partial charge in [0.2, 0.25) is 0 Å². The minimum atomic E-state index is -0.689. The van der Waals surface area contributed by atoms with Gasteiger partial charge in [-0.25, -0.2) is 0 Å². The molecule has 0 aliphatic carbocycles. The van der Waals surface area contributed by atoms with E-state index in [9.17, 15) is 10.2 Å². The lowest BCUT2D eigenvalue weighted by molar-refractivity contribution is 0.00535. The Hall–Kier alpha value is -1.06. The first-order valence-corrected chi connectivity index (χ1v) is 6.16. The van der Waals surface area contributed by atoms with Crippen LogP contribution in [-0.4, -0.2) is 22.4 Å². The molecule has 0 aliphatic rings. The summed E-state index contributed by atoms with van der Waals surface area (Å²) in [4.78, 5) is 0. The van der Waals surface area contributed by atoms with Crippen molar-refractivity contribution < 1.29 is 10.2 Å². The molecule has 0 heterocycles. The van der Waals surface area contributed by atoms with Crippen molar-refractivity contribution in [3.8, 4) is 5.75 Å². The smallest absolute Gasteiger partial charge is 0.115 e. The quantitative estimate of drug-likeness (QED) is 0.711. The molecule has 0 saturated heterocycles. The Bertz CT molecular complexity index is 350. The van der Waals surface area contributed by atoms with Crippen LogP contribution in [0.5, 0.6) is 5.75 Å². The molecule has 1 rings (SSSR count). The summed E-state index contributed by atoms with van der Waals surface area (Å²) in [5.41, 5.74) is 0.330. The molecule has 0 bridgehead atoms. The second kappa shape index (κ2) is 6.03. The van der Waals surface area contributed by atoms with Crippen molar-refractivity contribution in [2.24, 2.45) is 5.92 Å². The zero-order valence-corrected chi connectivity index (χ0v) is 10.9. The van der Waals surface area contributed by atoms with Crippen LogP contribution in [0.3, 0.4) is 0 Å². The molecule has 96 valence electrons. The van der Waals surface area contributed by atoms with Crippen LogP contribution in [0.1, 0.15) is 32.8 Å². The number of hydrogen-bond acceptors (Lipinski definition) is 3. The van der Waals surface area contributed by atoms with Gasteiger partial charge in [-0.3, -0.25) is 0 Å². The fraction of sp³-hybridized carbons (Fsp3) is 0.571. The average Bonchev–Trinajstić information content (AvgIpc) is 2.27. The van der Waals surface area contributed by atoms with E-state index in [1.54, 1.807) is 12.1 Å². The second-order valence-corrected chi connectivity index (χ2v) is 4.94. The third kappa shape index (κ3) is 4.36. The van der Waals surface area contributed by atoms with Crippen molar-refractivity contribution in [1.82, 2.24) is 5.32 Å². The first-order valence-electron chi connectivity index (χ1n) is 6.16. The molecule has 0 unspecified atom stereocenters. The van der Waals surface area contributed by atoms with E-state index in [0.29, 0.717) is 13.1 Å². The van der Waals surface area contributed by atoms with Crippen LogP contribution >= 0.6 is 0 Å². The minimum absolute atomic E-state index is 0.263. The molecule has 3 heteroatoms. The van der Waals surface area contributed by atoms with Gasteiger partial charge < -0.3 is 15.5 Å². The SMILES string of the molecule is CC[C@@H](C)[C@](C)(O)CNCc1cccc(O)c1. The number of aromatic hydroxyl groups is 1. The van der Waals surface area contributed by atoms with Gasteiger partial charge in [-0.2, -0.15) is 0 Å². The van der Waals surface area contributed by atoms with Crippen LogP contribution in [0.25, 0.3) is 0 Å². The summed E-state index contributed by atoms with van der Waals surface area (Å²) in [6.07, 6.45) is 0.959. The second-order valence-electron chi connectivity index (χ2n) is 4.94. The minimum Gasteiger partial charge on any atom is -0.508 e. The average molecular weight is 237 g/mol. The molecule has 0 fully saturated rings. The van der Waals surface area contributed by atoms with Crippen molar-refractivity contribution in [3.63, 3.8) is 0 Å². The topological polar surface area (TPSA) is 52.5 Å². The van der Waals surface area contributed by atoms with E-state index < -0.39 is 5.60 Å². The Balaban J connectivity index is 2.42. The number of hydrogen-bond donors (Lipinski definition) is 3. The van der Waals surface area contributed by atoms with Gasteiger partial charge in [0, 0.05) is 13.1 Å². The molecular formula is C14H23NO2. The first kappa shape index (κ1) is 14.0. The van der Waals surface area contributed by atoms with Crippen LogP contribution < -0.4 is 5.32 Å². The highest BCUT2D eigenvalue weighted by atomic mass is 16.3. The Labute approximate surface area is 103 Å². The standard InChI is InChI=1S/C14H23NO2/c1-4-11(2)14(3,17)10-15-9-12-6-5-7-13(16)8-12/h5-8,11,15-17H,4,9-10H2,1-3H3/t11-,14-/m1/s1. The first-order chi connectivity index (χ1) is 7.95. The molecule has 0 aliphatic heterocycles. The van der Waals surface area contributed by atoms with Crippen LogP contribution in [0, 0.1) is 5.92 Å². The van der Waals surface area contributed by atoms with E-state index in [2.05, 4.69) is 19.2 Å². The Morgan fingerprint density at radius 3 is 2.71 bits per heavy atom. The van der Waals surface area contributed by atoms with Gasteiger partial charge in [0.05, 0.1) is 5.60 Å². The fourth-order valence-corrected chi connectivity index (χ4v) is 1.74. The van der Waals surface area contributed by atoms with E-state index in [1.807, 2.05) is 19.1 Å². The molecule has 3 nitrogen and oxygen atoms in total. The van der Waals surface area contributed by atoms with E-state index >= 15 is 0 Å². The third-order valence-corrected chi connectivity index (χ3v) is 3.40. The molecular weight excluding hydrogens is 214 g/mol. The third-order valence-electron chi connectivity index (χ3n) is 3.40. The van der Waals surface area contributed by atoms with Crippen molar-refractivity contribution in [2.75, 3.05) is 6.54 Å². The summed E-state index contributed by atoms with van der Waals surface area (Å²) in [5, 5.41) is 22.7. The number of phenolic OH excluding ortho intramolecular Hbond substituents is 1. The largest absolute Gasteiger partial charge is 0.508 e. The van der Waals surface area contributed by atoms with E-state index in [-0.39, 0.29) is 11.7 Å². The van der Waals surface area contributed by atoms with E-state index in [4.69, 9.17) is 0 Å². The monoisotopic (exact) mass is 237 g/mol. The summed E-state index contributed by atoms with van der Waals surface area (Å²) < 4.78 is 0. The number of nitrogens with one attached hydrogen (secondary N) is 1. The highest BCUT2D eigenvalue weighted by Gasteiger charge is 2.26. The lowest BCUT2D eigenvalue weighted by Gasteiger charge is -2.30. The molecule has 1 aromatic rings. The van der Waals surface area contributed by atoms with Crippen LogP contribution in [0.2, 0.25) is 0 Å². The van der Waals surface area contributed by atoms with Crippen molar-refractivity contribution >= 4 is 0 Å². The predicted octanol–water partition coefficient (Wildman–Crippen LogP) is 2.28. The maximum absolute atomic E-state index is 10.2. The van der Waals surface area contributed by atoms with Gasteiger partial charge in [-0.05, 0) is 30.5 Å². The van der Waals surface area contributed by atoms with Crippen molar-refractivity contribution in [3.05, 3.63) is 29.8 Å². The number of phenols is 1. The van der Waals surface area contributed by atoms with E-state index in [0.717, 1.165) is 12.0 Å². The predicted molar refractivity (Wildman–Crippen MR) is 69.9 cm³/mol. The maximum Gasteiger partial charge on any atom is 0.115 e. The Morgan fingerprint density at radius 1 is 1.41 bits per heavy atom. The fourth-order valence-electron chi connectivity index (χ4n) is 1.74. The van der Waals surface area contributed by atoms with Gasteiger partial charge in [-0.1, -0.05) is 32.4 Å². The maximum atomic E-state index is 10.2. The number of rotatable bonds is 6. The summed E-state index contributed by atoms with van der Waals surface area (Å²) >= 11 is 0. The zero-order valence-electron chi connectivity index (χ0n) is 10.9. The number of benzene rings is 1. The van der Waals surface area contributed by atoms with E-state index in [1.165, 1.54) is 0 Å². The van der Waals surface area contributed by atoms with Gasteiger partial charge >= 0.3 is 0 Å². The molecule has 2 atom stereocenters. The molecule has 3 N–H and O–H groups in total. The molecule has 0 saturated carbocycles. The van der Waals surface area contributed by atoms with Crippen LogP contribution in [0.4, 0.5) is 0 Å². The normalized spacial score (nSPS) is 16.5. The number of aliphatic hydroxyl groups is 1. The van der Waals surface area contributed by atoms with Gasteiger partial charge in [0.15, 0.2) is 0 Å². The van der Waals surface area contributed by atoms with Crippen LogP contribution in [-0.2, 0) is 6.54 Å². The van der Waals surface area contributed by atoms with Crippen molar-refractivity contribution in [1.29, 1.82) is 0 Å². The zero-order chi connectivity index (χ0) is 12.9. The molecule has 0 spiro atoms. The molecule has 1 aromatic carbocycles. The van der Waals surface area contributed by atoms with Crippen LogP contribution in [0.15, 0.2) is 24.3 Å². The summed E-state index contributed by atoms with van der Waals surface area (Å²) in [7, 11) is 0. The van der Waals surface area contributed by atoms with Crippen molar-refractivity contribution in [2.45, 2.75) is 39.3 Å². The summed E-state index contributed by atoms with van der Waals surface area (Å²) in [5.74, 6) is 0.539. The Morgan fingerprint density at radius 2 is 2.12 bits per heavy atom. The Kier molecular flexibility index (Phi) is 4.97. The summed E-state index contributed by atoms with van der Waals surface area (Å²) in [6.45, 7) is 7.19. The highest BCUT2D eigenvalue weighted by Crippen LogP contribution is 2.19. The molecule has 0 amide bonds. The lowest BCUT2D eigenvalue weighted by atomic mass is 9.88. The molecule has 0 aromatic heterocycles.